The second-order valence-electron chi connectivity index (χ2n) is 8.50. The van der Waals surface area contributed by atoms with Crippen LogP contribution < -0.4 is 14.2 Å². The summed E-state index contributed by atoms with van der Waals surface area (Å²) in [5.41, 5.74) is 4.37. The van der Waals surface area contributed by atoms with Crippen LogP contribution in [-0.2, 0) is 22.2 Å². The van der Waals surface area contributed by atoms with Crippen LogP contribution >= 0.6 is 0 Å². The number of carbonyl (C=O) groups excluding carboxylic acids is 1. The summed E-state index contributed by atoms with van der Waals surface area (Å²) in [5.74, 6) is 1.03. The molecule has 2 nitrogen and oxygen atoms in total. The first-order chi connectivity index (χ1) is 14.0. The first-order valence-electron chi connectivity index (χ1n) is 10.7. The topological polar surface area (TPSA) is 29.1 Å². The molecule has 0 heterocycles. The second kappa shape index (κ2) is 8.59. The summed E-state index contributed by atoms with van der Waals surface area (Å²) in [6, 6.07) is 22.0. The molecule has 0 aliphatic heterocycles. The molecule has 0 saturated heterocycles. The van der Waals surface area contributed by atoms with Crippen molar-refractivity contribution in [3.05, 3.63) is 81.3 Å². The van der Waals surface area contributed by atoms with Crippen molar-refractivity contribution in [1.29, 1.82) is 0 Å². The third-order valence-electron chi connectivity index (χ3n) is 6.69. The van der Waals surface area contributed by atoms with E-state index in [9.17, 15) is 4.79 Å². The van der Waals surface area contributed by atoms with Gasteiger partial charge in [0.15, 0.2) is 0 Å². The van der Waals surface area contributed by atoms with Gasteiger partial charge in [-0.05, 0) is 0 Å². The van der Waals surface area contributed by atoms with Gasteiger partial charge in [0.05, 0.1) is 0 Å². The van der Waals surface area contributed by atoms with Crippen LogP contribution in [0.2, 0.25) is 0 Å². The van der Waals surface area contributed by atoms with E-state index in [1.807, 2.05) is 0 Å². The summed E-state index contributed by atoms with van der Waals surface area (Å²) in [6.07, 6.45) is 2.12. The van der Waals surface area contributed by atoms with Crippen molar-refractivity contribution >= 4 is 22.9 Å². The zero-order chi connectivity index (χ0) is 20.5. The van der Waals surface area contributed by atoms with E-state index in [1.54, 1.807) is 3.88 Å². The molecule has 1 atom stereocenters. The molecule has 2 aromatic rings. The van der Waals surface area contributed by atoms with Gasteiger partial charge < -0.3 is 0 Å². The van der Waals surface area contributed by atoms with Gasteiger partial charge in [-0.1, -0.05) is 0 Å². The van der Waals surface area contributed by atoms with E-state index < -0.39 is 24.0 Å². The molecule has 2 aliphatic carbocycles. The van der Waals surface area contributed by atoms with E-state index >= 15 is 0 Å². The number of amides is 1. The van der Waals surface area contributed by atoms with Crippen LogP contribution in [0, 0.1) is 11.8 Å². The summed E-state index contributed by atoms with van der Waals surface area (Å²) in [7, 11) is 0. The molecule has 4 heteroatoms. The van der Waals surface area contributed by atoms with Gasteiger partial charge in [0, 0.05) is 0 Å². The summed E-state index contributed by atoms with van der Waals surface area (Å²) in [5, 5.41) is 2.92. The van der Waals surface area contributed by atoms with E-state index in [1.165, 1.54) is 27.1 Å². The van der Waals surface area contributed by atoms with Crippen molar-refractivity contribution < 1.29 is 22.2 Å². The molecule has 29 heavy (non-hydrogen) atoms. The Kier molecular flexibility index (Phi) is 6.10. The van der Waals surface area contributed by atoms with Crippen LogP contribution in [0.5, 0.6) is 0 Å². The Bertz CT molecular complexity index is 923. The normalized spacial score (nSPS) is 19.1. The molecule has 1 N–H and O–H groups in total. The zero-order valence-electron chi connectivity index (χ0n) is 17.8. The van der Waals surface area contributed by atoms with Crippen LogP contribution in [0.15, 0.2) is 81.3 Å². The van der Waals surface area contributed by atoms with Gasteiger partial charge in [-0.2, -0.15) is 0 Å². The minimum atomic E-state index is -2.11. The monoisotopic (exact) mass is 436 g/mol. The number of hydrogen-bond acceptors (Lipinski definition) is 1. The maximum absolute atomic E-state index is 13.0. The fourth-order valence-corrected chi connectivity index (χ4v) is 19.7. The van der Waals surface area contributed by atoms with Crippen LogP contribution in [-0.4, -0.2) is 12.6 Å². The molecule has 1 amide bonds. The van der Waals surface area contributed by atoms with Crippen LogP contribution in [0.1, 0.15) is 40.5 Å². The van der Waals surface area contributed by atoms with Crippen molar-refractivity contribution in [3.8, 4) is 0 Å². The third-order valence-corrected chi connectivity index (χ3v) is 20.1. The Morgan fingerprint density at radius 1 is 0.897 bits per heavy atom. The molecular weight excluding hydrogens is 406 g/mol. The van der Waals surface area contributed by atoms with E-state index in [-0.39, 0.29) is 5.92 Å². The van der Waals surface area contributed by atoms with Crippen LogP contribution in [0.25, 0.3) is 0 Å². The van der Waals surface area contributed by atoms with E-state index in [0.29, 0.717) is 11.8 Å². The maximum atomic E-state index is 13.0. The molecule has 149 valence electrons. The number of rotatable bonds is 6. The Labute approximate surface area is 182 Å². The fourth-order valence-electron chi connectivity index (χ4n) is 4.49. The summed E-state index contributed by atoms with van der Waals surface area (Å²) in [6.45, 7) is 7.60. The third kappa shape index (κ3) is 4.14. The number of hydrogen-bond donors (Lipinski definition) is 1. The van der Waals surface area contributed by atoms with Gasteiger partial charge >= 0.3 is 183 Å². The molecule has 0 spiro atoms. The van der Waals surface area contributed by atoms with Gasteiger partial charge in [0.25, 0.3) is 0 Å². The van der Waals surface area contributed by atoms with Gasteiger partial charge in [0.2, 0.25) is 0 Å². The van der Waals surface area contributed by atoms with Gasteiger partial charge in [0.1, 0.15) is 0 Å². The van der Waals surface area contributed by atoms with E-state index in [2.05, 4.69) is 92.2 Å². The summed E-state index contributed by atoms with van der Waals surface area (Å²) in [4.78, 5) is 13.0. The Morgan fingerprint density at radius 2 is 1.41 bits per heavy atom. The van der Waals surface area contributed by atoms with Gasteiger partial charge in [-0.3, -0.25) is 0 Å². The molecular formula is C25H30NOSiTi. The molecule has 1 unspecified atom stereocenters. The number of allylic oxidation sites excluding steroid dienone is 4. The molecule has 0 bridgehead atoms. The van der Waals surface area contributed by atoms with Crippen molar-refractivity contribution in [2.45, 2.75) is 40.5 Å². The van der Waals surface area contributed by atoms with Crippen molar-refractivity contribution in [1.82, 2.24) is 3.80 Å². The average Bonchev–Trinajstić information content (AvgIpc) is 3.57. The predicted octanol–water partition coefficient (Wildman–Crippen LogP) is 3.84. The quantitative estimate of drug-likeness (QED) is 0.685. The predicted molar refractivity (Wildman–Crippen MR) is 120 cm³/mol. The van der Waals surface area contributed by atoms with Crippen molar-refractivity contribution in [3.63, 3.8) is 0 Å². The molecule has 1 saturated carbocycles. The summed E-state index contributed by atoms with van der Waals surface area (Å²) >= 11 is -2.11. The Hall–Kier alpha value is -1.68. The molecule has 1 fully saturated rings. The van der Waals surface area contributed by atoms with Crippen molar-refractivity contribution in [2.24, 2.45) is 11.8 Å². The van der Waals surface area contributed by atoms with Gasteiger partial charge in [-0.15, -0.1) is 0 Å². The standard InChI is InChI=1S/C12H11Si.C9H13.C4H7NO.Ti/c1-3-7-11(8-4-1)13-12-9-5-2-6-10-12;1-6-5-7(2)9(4)8(6)3;5-4(6)3-1-2-3;/h1-10,13H;6H,1-4H3;3H,1-2H2,(H2,5,6);/q;;;+1/p-1. The first kappa shape index (κ1) is 20.6. The second-order valence-corrected chi connectivity index (χ2v) is 18.3. The van der Waals surface area contributed by atoms with E-state index in [0.717, 1.165) is 12.8 Å². The molecule has 0 radical (unpaired) electrons. The van der Waals surface area contributed by atoms with E-state index in [4.69, 9.17) is 0 Å². The zero-order valence-corrected chi connectivity index (χ0v) is 20.5. The fraction of sp³-hybridized carbons (Fsp3) is 0.320. The number of nitrogens with one attached hydrogen (secondary N) is 1. The van der Waals surface area contributed by atoms with Gasteiger partial charge in [-0.25, -0.2) is 0 Å². The SMILES string of the molecule is CC1=C(C)C(C)[C]([Ti]([NH]C(=O)C2CC2)[SiH](c2ccccc2)c2ccccc2)=C1C. The van der Waals surface area contributed by atoms with Crippen molar-refractivity contribution in [2.75, 3.05) is 0 Å². The minimum absolute atomic E-state index is 0.256. The summed E-state index contributed by atoms with van der Waals surface area (Å²) < 4.78 is 5.32. The Balaban J connectivity index is 1.84. The molecule has 2 aromatic carbocycles. The van der Waals surface area contributed by atoms with Crippen LogP contribution in [0.3, 0.4) is 0 Å². The number of benzene rings is 2. The molecule has 2 aliphatic rings. The average molecular weight is 436 g/mol. The molecule has 0 aromatic heterocycles. The van der Waals surface area contributed by atoms with Crippen LogP contribution in [0.4, 0.5) is 0 Å². The number of carbonyl (C=O) groups is 1. The molecule has 4 rings (SSSR count). The Morgan fingerprint density at radius 3 is 1.83 bits per heavy atom. The first-order valence-corrected chi connectivity index (χ1v) is 16.6.